The van der Waals surface area contributed by atoms with Gasteiger partial charge in [0.1, 0.15) is 0 Å². The number of benzene rings is 2. The van der Waals surface area contributed by atoms with E-state index in [1.165, 1.54) is 24.2 Å². The normalized spacial score (nSPS) is 12.1. The number of ether oxygens (including phenoxy) is 2. The number of aryl methyl sites for hydroxylation is 1. The summed E-state index contributed by atoms with van der Waals surface area (Å²) in [5.41, 5.74) is 2.03. The molecular weight excluding hydrogens is 326 g/mol. The molecule has 124 valence electrons. The van der Waals surface area contributed by atoms with Gasteiger partial charge < -0.3 is 14.8 Å². The smallest absolute Gasteiger partial charge is 0.234 e. The highest BCUT2D eigenvalue weighted by Gasteiger charge is 2.20. The number of hydrogen-bond acceptors (Lipinski definition) is 5. The van der Waals surface area contributed by atoms with E-state index in [0.29, 0.717) is 22.7 Å². The summed E-state index contributed by atoms with van der Waals surface area (Å²) in [6.45, 7) is 3.59. The molecule has 0 aromatic heterocycles. The molecule has 24 heavy (non-hydrogen) atoms. The van der Waals surface area contributed by atoms with Gasteiger partial charge in [-0.1, -0.05) is 17.7 Å². The van der Waals surface area contributed by atoms with Gasteiger partial charge in [-0.3, -0.25) is 9.59 Å². The second-order valence-corrected chi connectivity index (χ2v) is 6.51. The fourth-order valence-electron chi connectivity index (χ4n) is 2.31. The second-order valence-electron chi connectivity index (χ2n) is 5.46. The minimum Gasteiger partial charge on any atom is -0.454 e. The first-order valence-corrected chi connectivity index (χ1v) is 8.45. The van der Waals surface area contributed by atoms with Crippen LogP contribution in [0.3, 0.4) is 0 Å². The predicted octanol–water partition coefficient (Wildman–Crippen LogP) is 3.66. The van der Waals surface area contributed by atoms with E-state index in [9.17, 15) is 9.59 Å². The SMILES string of the molecule is CC(=O)c1cc2c(cc1NC(=O)CSc1ccc(C)cc1)OCO2. The number of hydrogen-bond donors (Lipinski definition) is 1. The van der Waals surface area contributed by atoms with Crippen LogP contribution in [0.1, 0.15) is 22.8 Å². The lowest BCUT2D eigenvalue weighted by molar-refractivity contribution is -0.113. The van der Waals surface area contributed by atoms with Gasteiger partial charge >= 0.3 is 0 Å². The third-order valence-electron chi connectivity index (χ3n) is 3.56. The fourth-order valence-corrected chi connectivity index (χ4v) is 3.00. The maximum Gasteiger partial charge on any atom is 0.234 e. The molecule has 1 N–H and O–H groups in total. The van der Waals surface area contributed by atoms with Crippen LogP contribution in [0.5, 0.6) is 11.5 Å². The molecular formula is C18H17NO4S. The number of Topliss-reactive ketones (excluding diaryl/α,β-unsaturated/α-hetero) is 1. The number of carbonyl (C=O) groups excluding carboxylic acids is 2. The number of rotatable bonds is 5. The van der Waals surface area contributed by atoms with Crippen molar-refractivity contribution in [1.29, 1.82) is 0 Å². The van der Waals surface area contributed by atoms with Crippen molar-refractivity contribution in [2.45, 2.75) is 18.7 Å². The van der Waals surface area contributed by atoms with Gasteiger partial charge in [0, 0.05) is 16.5 Å². The molecule has 2 aromatic rings. The van der Waals surface area contributed by atoms with Crippen molar-refractivity contribution in [3.63, 3.8) is 0 Å². The zero-order chi connectivity index (χ0) is 17.1. The van der Waals surface area contributed by atoms with Crippen molar-refractivity contribution in [2.24, 2.45) is 0 Å². The molecule has 0 atom stereocenters. The molecule has 1 heterocycles. The van der Waals surface area contributed by atoms with E-state index in [2.05, 4.69) is 5.32 Å². The Morgan fingerprint density at radius 1 is 1.12 bits per heavy atom. The first-order valence-electron chi connectivity index (χ1n) is 7.47. The first kappa shape index (κ1) is 16.4. The molecule has 2 aromatic carbocycles. The summed E-state index contributed by atoms with van der Waals surface area (Å²) in [6, 6.07) is 11.2. The van der Waals surface area contributed by atoms with Gasteiger partial charge in [0.05, 0.1) is 11.4 Å². The first-order chi connectivity index (χ1) is 11.5. The molecule has 5 nitrogen and oxygen atoms in total. The molecule has 6 heteroatoms. The summed E-state index contributed by atoms with van der Waals surface area (Å²) in [4.78, 5) is 25.0. The van der Waals surface area contributed by atoms with Gasteiger partial charge in [0.25, 0.3) is 0 Å². The Hall–Kier alpha value is -2.47. The van der Waals surface area contributed by atoms with Crippen LogP contribution < -0.4 is 14.8 Å². The zero-order valence-corrected chi connectivity index (χ0v) is 14.2. The lowest BCUT2D eigenvalue weighted by Gasteiger charge is -2.10. The Labute approximate surface area is 144 Å². The Bertz CT molecular complexity index is 786. The quantitative estimate of drug-likeness (QED) is 0.663. The van der Waals surface area contributed by atoms with Crippen molar-refractivity contribution in [1.82, 2.24) is 0 Å². The monoisotopic (exact) mass is 343 g/mol. The van der Waals surface area contributed by atoms with Crippen molar-refractivity contribution in [3.05, 3.63) is 47.5 Å². The molecule has 0 saturated carbocycles. The van der Waals surface area contributed by atoms with Gasteiger partial charge in [0.15, 0.2) is 17.3 Å². The molecule has 0 bridgehead atoms. The molecule has 0 saturated heterocycles. The van der Waals surface area contributed by atoms with Gasteiger partial charge in [0.2, 0.25) is 12.7 Å². The Morgan fingerprint density at radius 2 is 1.79 bits per heavy atom. The van der Waals surface area contributed by atoms with Gasteiger partial charge in [-0.15, -0.1) is 11.8 Å². The number of anilines is 1. The van der Waals surface area contributed by atoms with Crippen LogP contribution in [0, 0.1) is 6.92 Å². The third kappa shape index (κ3) is 3.71. The van der Waals surface area contributed by atoms with Crippen LogP contribution in [0.25, 0.3) is 0 Å². The van der Waals surface area contributed by atoms with E-state index in [-0.39, 0.29) is 24.2 Å². The maximum atomic E-state index is 12.2. The van der Waals surface area contributed by atoms with Gasteiger partial charge in [-0.05, 0) is 32.0 Å². The van der Waals surface area contributed by atoms with Gasteiger partial charge in [-0.25, -0.2) is 0 Å². The van der Waals surface area contributed by atoms with Crippen LogP contribution in [0.4, 0.5) is 5.69 Å². The van der Waals surface area contributed by atoms with Crippen LogP contribution in [-0.4, -0.2) is 24.2 Å². The highest BCUT2D eigenvalue weighted by molar-refractivity contribution is 8.00. The van der Waals surface area contributed by atoms with Crippen molar-refractivity contribution >= 4 is 29.1 Å². The topological polar surface area (TPSA) is 64.6 Å². The number of amides is 1. The standard InChI is InChI=1S/C18H17NO4S/c1-11-3-5-13(6-4-11)24-9-18(21)19-15-8-17-16(22-10-23-17)7-14(15)12(2)20/h3-8H,9-10H2,1-2H3,(H,19,21). The average Bonchev–Trinajstić information content (AvgIpc) is 3.00. The molecule has 0 spiro atoms. The zero-order valence-electron chi connectivity index (χ0n) is 13.4. The summed E-state index contributed by atoms with van der Waals surface area (Å²) in [6.07, 6.45) is 0. The van der Waals surface area contributed by atoms with E-state index in [1.54, 1.807) is 12.1 Å². The number of ketones is 1. The predicted molar refractivity (Wildman–Crippen MR) is 93.1 cm³/mol. The van der Waals surface area contributed by atoms with Crippen LogP contribution >= 0.6 is 11.8 Å². The molecule has 0 radical (unpaired) electrons. The molecule has 3 rings (SSSR count). The van der Waals surface area contributed by atoms with E-state index >= 15 is 0 Å². The molecule has 0 aliphatic carbocycles. The van der Waals surface area contributed by atoms with E-state index in [1.807, 2.05) is 31.2 Å². The summed E-state index contributed by atoms with van der Waals surface area (Å²) in [5.74, 6) is 0.986. The number of fused-ring (bicyclic) bond motifs is 1. The van der Waals surface area contributed by atoms with Crippen molar-refractivity contribution < 1.29 is 19.1 Å². The van der Waals surface area contributed by atoms with E-state index in [4.69, 9.17) is 9.47 Å². The van der Waals surface area contributed by atoms with Crippen LogP contribution in [0.2, 0.25) is 0 Å². The molecule has 0 fully saturated rings. The molecule has 1 amide bonds. The van der Waals surface area contributed by atoms with Crippen LogP contribution in [-0.2, 0) is 4.79 Å². The highest BCUT2D eigenvalue weighted by atomic mass is 32.2. The third-order valence-corrected chi connectivity index (χ3v) is 4.57. The number of nitrogens with one attached hydrogen (secondary N) is 1. The Morgan fingerprint density at radius 3 is 2.46 bits per heavy atom. The summed E-state index contributed by atoms with van der Waals surface area (Å²) >= 11 is 1.44. The second kappa shape index (κ2) is 6.97. The largest absolute Gasteiger partial charge is 0.454 e. The highest BCUT2D eigenvalue weighted by Crippen LogP contribution is 2.37. The molecule has 1 aliphatic heterocycles. The molecule has 1 aliphatic rings. The number of carbonyl (C=O) groups is 2. The van der Waals surface area contributed by atoms with Crippen molar-refractivity contribution in [2.75, 3.05) is 17.9 Å². The lowest BCUT2D eigenvalue weighted by atomic mass is 10.1. The van der Waals surface area contributed by atoms with Gasteiger partial charge in [-0.2, -0.15) is 0 Å². The summed E-state index contributed by atoms with van der Waals surface area (Å²) < 4.78 is 10.6. The molecule has 0 unspecified atom stereocenters. The Kier molecular flexibility index (Phi) is 4.76. The maximum absolute atomic E-state index is 12.2. The summed E-state index contributed by atoms with van der Waals surface area (Å²) in [5, 5.41) is 2.79. The summed E-state index contributed by atoms with van der Waals surface area (Å²) in [7, 11) is 0. The minimum absolute atomic E-state index is 0.118. The van der Waals surface area contributed by atoms with E-state index < -0.39 is 0 Å². The lowest BCUT2D eigenvalue weighted by Crippen LogP contribution is -2.16. The Balaban J connectivity index is 1.69. The number of thioether (sulfide) groups is 1. The minimum atomic E-state index is -0.179. The van der Waals surface area contributed by atoms with Crippen molar-refractivity contribution in [3.8, 4) is 11.5 Å². The van der Waals surface area contributed by atoms with E-state index in [0.717, 1.165) is 4.90 Å². The van der Waals surface area contributed by atoms with Crippen LogP contribution in [0.15, 0.2) is 41.3 Å². The average molecular weight is 343 g/mol. The fraction of sp³-hybridized carbons (Fsp3) is 0.222.